The van der Waals surface area contributed by atoms with E-state index in [4.69, 9.17) is 4.74 Å². The standard InChI is InChI=1S/C17H33NO/c1-4-6-7-15(5-2)12-17(10-11-19-14(17)3)13-18-16-8-9-16/h14-16,18H,4-13H2,1-3H3. The predicted molar refractivity (Wildman–Crippen MR) is 81.4 cm³/mol. The molecular weight excluding hydrogens is 234 g/mol. The van der Waals surface area contributed by atoms with E-state index < -0.39 is 0 Å². The molecule has 1 saturated carbocycles. The molecule has 2 fully saturated rings. The van der Waals surface area contributed by atoms with E-state index in [0.717, 1.165) is 18.6 Å². The highest BCUT2D eigenvalue weighted by Crippen LogP contribution is 2.42. The van der Waals surface area contributed by atoms with E-state index in [9.17, 15) is 0 Å². The molecule has 3 atom stereocenters. The zero-order valence-corrected chi connectivity index (χ0v) is 13.2. The van der Waals surface area contributed by atoms with E-state index in [1.165, 1.54) is 57.9 Å². The number of rotatable bonds is 9. The van der Waals surface area contributed by atoms with Gasteiger partial charge in [-0.05, 0) is 38.5 Å². The van der Waals surface area contributed by atoms with Crippen molar-refractivity contribution in [3.8, 4) is 0 Å². The number of ether oxygens (including phenoxy) is 1. The first-order valence-corrected chi connectivity index (χ1v) is 8.55. The number of hydrogen-bond acceptors (Lipinski definition) is 2. The first-order valence-electron chi connectivity index (χ1n) is 8.55. The van der Waals surface area contributed by atoms with Crippen molar-refractivity contribution in [1.29, 1.82) is 0 Å². The van der Waals surface area contributed by atoms with Crippen LogP contribution in [0.1, 0.15) is 72.1 Å². The van der Waals surface area contributed by atoms with E-state index in [0.29, 0.717) is 11.5 Å². The van der Waals surface area contributed by atoms with Gasteiger partial charge in [0, 0.05) is 24.6 Å². The van der Waals surface area contributed by atoms with Crippen molar-refractivity contribution < 1.29 is 4.74 Å². The Morgan fingerprint density at radius 2 is 2.11 bits per heavy atom. The Morgan fingerprint density at radius 3 is 2.63 bits per heavy atom. The van der Waals surface area contributed by atoms with Crippen LogP contribution in [0.5, 0.6) is 0 Å². The van der Waals surface area contributed by atoms with Gasteiger partial charge in [0.05, 0.1) is 6.10 Å². The molecule has 0 aromatic carbocycles. The van der Waals surface area contributed by atoms with Gasteiger partial charge < -0.3 is 10.1 Å². The summed E-state index contributed by atoms with van der Waals surface area (Å²) < 4.78 is 5.93. The van der Waals surface area contributed by atoms with Crippen LogP contribution >= 0.6 is 0 Å². The molecule has 3 unspecified atom stereocenters. The predicted octanol–water partition coefficient (Wildman–Crippen LogP) is 4.14. The summed E-state index contributed by atoms with van der Waals surface area (Å²) in [5.74, 6) is 0.894. The monoisotopic (exact) mass is 267 g/mol. The lowest BCUT2D eigenvalue weighted by Crippen LogP contribution is -2.41. The van der Waals surface area contributed by atoms with Gasteiger partial charge in [-0.2, -0.15) is 0 Å². The van der Waals surface area contributed by atoms with Gasteiger partial charge in [0.15, 0.2) is 0 Å². The largest absolute Gasteiger partial charge is 0.378 e. The van der Waals surface area contributed by atoms with Crippen LogP contribution in [0.2, 0.25) is 0 Å². The van der Waals surface area contributed by atoms with Crippen LogP contribution in [0, 0.1) is 11.3 Å². The van der Waals surface area contributed by atoms with Gasteiger partial charge in [-0.1, -0.05) is 39.5 Å². The second-order valence-electron chi connectivity index (χ2n) is 6.90. The van der Waals surface area contributed by atoms with E-state index in [1.807, 2.05) is 0 Å². The van der Waals surface area contributed by atoms with E-state index >= 15 is 0 Å². The van der Waals surface area contributed by atoms with Crippen LogP contribution < -0.4 is 5.32 Å². The molecule has 0 bridgehead atoms. The molecule has 0 amide bonds. The van der Waals surface area contributed by atoms with Crippen LogP contribution in [-0.4, -0.2) is 25.3 Å². The molecule has 1 heterocycles. The maximum Gasteiger partial charge on any atom is 0.0616 e. The van der Waals surface area contributed by atoms with Crippen molar-refractivity contribution >= 4 is 0 Å². The average Bonchev–Trinajstić information content (AvgIpc) is 3.18. The van der Waals surface area contributed by atoms with E-state index in [-0.39, 0.29) is 0 Å². The summed E-state index contributed by atoms with van der Waals surface area (Å²) >= 11 is 0. The molecule has 1 aliphatic heterocycles. The summed E-state index contributed by atoms with van der Waals surface area (Å²) in [4.78, 5) is 0. The zero-order chi connectivity index (χ0) is 13.7. The van der Waals surface area contributed by atoms with Crippen LogP contribution in [0.3, 0.4) is 0 Å². The summed E-state index contributed by atoms with van der Waals surface area (Å²) in [6, 6.07) is 0.820. The van der Waals surface area contributed by atoms with Crippen molar-refractivity contribution in [3.05, 3.63) is 0 Å². The smallest absolute Gasteiger partial charge is 0.0616 e. The number of unbranched alkanes of at least 4 members (excludes halogenated alkanes) is 1. The molecule has 0 spiro atoms. The summed E-state index contributed by atoms with van der Waals surface area (Å²) in [6.45, 7) is 9.12. The minimum Gasteiger partial charge on any atom is -0.378 e. The number of hydrogen-bond donors (Lipinski definition) is 1. The molecule has 0 radical (unpaired) electrons. The van der Waals surface area contributed by atoms with Crippen molar-refractivity contribution in [2.75, 3.05) is 13.2 Å². The minimum absolute atomic E-state index is 0.414. The first kappa shape index (κ1) is 15.3. The Kier molecular flexibility index (Phi) is 5.70. The third kappa shape index (κ3) is 4.19. The Morgan fingerprint density at radius 1 is 1.32 bits per heavy atom. The normalized spacial score (nSPS) is 32.7. The lowest BCUT2D eigenvalue weighted by molar-refractivity contribution is 0.0472. The van der Waals surface area contributed by atoms with Gasteiger partial charge in [0.2, 0.25) is 0 Å². The van der Waals surface area contributed by atoms with Gasteiger partial charge in [0.1, 0.15) is 0 Å². The van der Waals surface area contributed by atoms with E-state index in [2.05, 4.69) is 26.1 Å². The quantitative estimate of drug-likeness (QED) is 0.678. The van der Waals surface area contributed by atoms with Crippen molar-refractivity contribution in [1.82, 2.24) is 5.32 Å². The van der Waals surface area contributed by atoms with E-state index in [1.54, 1.807) is 0 Å². The summed E-state index contributed by atoms with van der Waals surface area (Å²) in [6.07, 6.45) is 11.3. The molecular formula is C17H33NO. The van der Waals surface area contributed by atoms with Gasteiger partial charge in [-0.25, -0.2) is 0 Å². The third-order valence-corrected chi connectivity index (χ3v) is 5.39. The highest BCUT2D eigenvalue weighted by Gasteiger charge is 2.43. The molecule has 1 saturated heterocycles. The van der Waals surface area contributed by atoms with Crippen molar-refractivity contribution in [3.63, 3.8) is 0 Å². The first-order chi connectivity index (χ1) is 9.20. The lowest BCUT2D eigenvalue weighted by Gasteiger charge is -2.36. The maximum absolute atomic E-state index is 5.93. The minimum atomic E-state index is 0.414. The Labute approximate surface area is 119 Å². The lowest BCUT2D eigenvalue weighted by atomic mass is 9.72. The SMILES string of the molecule is CCCCC(CC)CC1(CNC2CC2)CCOC1C. The fourth-order valence-electron chi connectivity index (χ4n) is 3.54. The molecule has 0 aromatic heterocycles. The second-order valence-corrected chi connectivity index (χ2v) is 6.90. The molecule has 0 aromatic rings. The van der Waals surface area contributed by atoms with Crippen molar-refractivity contribution in [2.45, 2.75) is 84.3 Å². The fourth-order valence-corrected chi connectivity index (χ4v) is 3.54. The van der Waals surface area contributed by atoms with Crippen LogP contribution in [0.4, 0.5) is 0 Å². The molecule has 1 N–H and O–H groups in total. The molecule has 1 aliphatic carbocycles. The highest BCUT2D eigenvalue weighted by atomic mass is 16.5. The molecule has 19 heavy (non-hydrogen) atoms. The van der Waals surface area contributed by atoms with Crippen molar-refractivity contribution in [2.24, 2.45) is 11.3 Å². The van der Waals surface area contributed by atoms with Gasteiger partial charge in [0.25, 0.3) is 0 Å². The van der Waals surface area contributed by atoms with Crippen LogP contribution in [0.15, 0.2) is 0 Å². The van der Waals surface area contributed by atoms with Gasteiger partial charge in [-0.3, -0.25) is 0 Å². The van der Waals surface area contributed by atoms with Crippen LogP contribution in [-0.2, 0) is 4.74 Å². The van der Waals surface area contributed by atoms with Gasteiger partial charge in [-0.15, -0.1) is 0 Å². The topological polar surface area (TPSA) is 21.3 Å². The molecule has 112 valence electrons. The van der Waals surface area contributed by atoms with Crippen LogP contribution in [0.25, 0.3) is 0 Å². The van der Waals surface area contributed by atoms with Gasteiger partial charge >= 0.3 is 0 Å². The highest BCUT2D eigenvalue weighted by molar-refractivity contribution is 4.95. The average molecular weight is 267 g/mol. The Balaban J connectivity index is 1.91. The molecule has 2 heteroatoms. The fraction of sp³-hybridized carbons (Fsp3) is 1.00. The summed E-state index contributed by atoms with van der Waals surface area (Å²) in [7, 11) is 0. The maximum atomic E-state index is 5.93. The Bertz CT molecular complexity index is 264. The zero-order valence-electron chi connectivity index (χ0n) is 13.2. The number of nitrogens with one attached hydrogen (secondary N) is 1. The Hall–Kier alpha value is -0.0800. The third-order valence-electron chi connectivity index (χ3n) is 5.39. The summed E-state index contributed by atoms with van der Waals surface area (Å²) in [5.41, 5.74) is 0.414. The second kappa shape index (κ2) is 7.08. The molecule has 2 nitrogen and oxygen atoms in total. The summed E-state index contributed by atoms with van der Waals surface area (Å²) in [5, 5.41) is 3.78. The molecule has 2 aliphatic rings. The molecule has 2 rings (SSSR count).